The number of ether oxygens (including phenoxy) is 1. The van der Waals surface area contributed by atoms with E-state index in [9.17, 15) is 9.18 Å². The Morgan fingerprint density at radius 3 is 3.00 bits per heavy atom. The second-order valence-electron chi connectivity index (χ2n) is 5.16. The zero-order valence-electron chi connectivity index (χ0n) is 11.8. The molecule has 2 aromatic heterocycles. The number of H-pyrrole nitrogens is 1. The molecule has 0 radical (unpaired) electrons. The third-order valence-electron chi connectivity index (χ3n) is 3.80. The minimum atomic E-state index is -1.05. The van der Waals surface area contributed by atoms with Gasteiger partial charge in [-0.05, 0) is 18.2 Å². The summed E-state index contributed by atoms with van der Waals surface area (Å²) in [5, 5.41) is 9.50. The molecule has 23 heavy (non-hydrogen) atoms. The highest BCUT2D eigenvalue weighted by Gasteiger charge is 2.28. The predicted molar refractivity (Wildman–Crippen MR) is 77.6 cm³/mol. The molecular weight excluding hydrogens is 303 g/mol. The van der Waals surface area contributed by atoms with Crippen LogP contribution < -0.4 is 4.74 Å². The largest absolute Gasteiger partial charge is 0.465 e. The van der Waals surface area contributed by atoms with Crippen LogP contribution in [-0.2, 0) is 13.1 Å². The van der Waals surface area contributed by atoms with Crippen LogP contribution in [0.1, 0.15) is 11.3 Å². The molecule has 8 heteroatoms. The molecule has 1 aromatic carbocycles. The molecule has 1 aliphatic heterocycles. The molecule has 3 heterocycles. The van der Waals surface area contributed by atoms with Gasteiger partial charge in [0, 0.05) is 17.1 Å². The Labute approximate surface area is 129 Å². The van der Waals surface area contributed by atoms with Crippen LogP contribution in [-0.4, -0.2) is 31.1 Å². The third-order valence-corrected chi connectivity index (χ3v) is 3.80. The number of carbonyl (C=O) groups is 1. The fourth-order valence-electron chi connectivity index (χ4n) is 2.64. The predicted octanol–water partition coefficient (Wildman–Crippen LogP) is 2.88. The second-order valence-corrected chi connectivity index (χ2v) is 5.16. The van der Waals surface area contributed by atoms with E-state index in [0.717, 1.165) is 0 Å². The van der Waals surface area contributed by atoms with Gasteiger partial charge in [0.05, 0.1) is 24.3 Å². The van der Waals surface area contributed by atoms with E-state index in [1.54, 1.807) is 18.3 Å². The molecule has 3 aromatic rings. The standard InChI is InChI=1S/C15H11FN4O3/c16-13-8-3-4-17-10(8)1-2-12(13)23-14-9-5-20(15(21)22)6-11(9)18-7-19-14/h1-4,7,17H,5-6H2,(H,21,22). The number of amides is 1. The van der Waals surface area contributed by atoms with Crippen molar-refractivity contribution in [2.75, 3.05) is 0 Å². The van der Waals surface area contributed by atoms with Crippen molar-refractivity contribution < 1.29 is 19.0 Å². The average Bonchev–Trinajstić information content (AvgIpc) is 3.17. The summed E-state index contributed by atoms with van der Waals surface area (Å²) in [7, 11) is 0. The zero-order valence-corrected chi connectivity index (χ0v) is 11.8. The maximum absolute atomic E-state index is 14.5. The van der Waals surface area contributed by atoms with Gasteiger partial charge in [0.2, 0.25) is 5.88 Å². The Morgan fingerprint density at radius 1 is 1.30 bits per heavy atom. The molecule has 1 aliphatic rings. The topological polar surface area (TPSA) is 91.3 Å². The van der Waals surface area contributed by atoms with Crippen molar-refractivity contribution in [3.63, 3.8) is 0 Å². The van der Waals surface area contributed by atoms with Crippen molar-refractivity contribution in [1.29, 1.82) is 0 Å². The smallest absolute Gasteiger partial charge is 0.407 e. The van der Waals surface area contributed by atoms with Crippen molar-refractivity contribution in [2.45, 2.75) is 13.1 Å². The van der Waals surface area contributed by atoms with Gasteiger partial charge in [-0.2, -0.15) is 0 Å². The summed E-state index contributed by atoms with van der Waals surface area (Å²) in [5.74, 6) is -0.288. The van der Waals surface area contributed by atoms with Crippen LogP contribution in [0, 0.1) is 5.82 Å². The minimum Gasteiger partial charge on any atom is -0.465 e. The highest BCUT2D eigenvalue weighted by atomic mass is 19.1. The molecule has 0 bridgehead atoms. The summed E-state index contributed by atoms with van der Waals surface area (Å²) in [4.78, 5) is 23.3. The van der Waals surface area contributed by atoms with Gasteiger partial charge in [0.15, 0.2) is 11.6 Å². The number of hydrogen-bond acceptors (Lipinski definition) is 4. The first kappa shape index (κ1) is 13.5. The number of benzene rings is 1. The summed E-state index contributed by atoms with van der Waals surface area (Å²) < 4.78 is 20.0. The van der Waals surface area contributed by atoms with E-state index in [-0.39, 0.29) is 24.7 Å². The van der Waals surface area contributed by atoms with Gasteiger partial charge in [-0.1, -0.05) is 0 Å². The summed E-state index contributed by atoms with van der Waals surface area (Å²) in [6, 6.07) is 4.83. The number of fused-ring (bicyclic) bond motifs is 2. The van der Waals surface area contributed by atoms with E-state index in [2.05, 4.69) is 15.0 Å². The van der Waals surface area contributed by atoms with E-state index in [1.807, 2.05) is 0 Å². The number of hydrogen-bond donors (Lipinski definition) is 2. The fraction of sp³-hybridized carbons (Fsp3) is 0.133. The van der Waals surface area contributed by atoms with Gasteiger partial charge >= 0.3 is 6.09 Å². The third kappa shape index (κ3) is 2.15. The second kappa shape index (κ2) is 4.94. The molecule has 0 spiro atoms. The lowest BCUT2D eigenvalue weighted by atomic mass is 10.2. The molecule has 0 fully saturated rings. The number of nitrogens with one attached hydrogen (secondary N) is 1. The maximum Gasteiger partial charge on any atom is 0.407 e. The van der Waals surface area contributed by atoms with Crippen LogP contribution in [0.3, 0.4) is 0 Å². The van der Waals surface area contributed by atoms with Crippen LogP contribution in [0.2, 0.25) is 0 Å². The van der Waals surface area contributed by atoms with Crippen LogP contribution >= 0.6 is 0 Å². The molecule has 0 unspecified atom stereocenters. The summed E-state index contributed by atoms with van der Waals surface area (Å²) in [6.45, 7) is 0.289. The van der Waals surface area contributed by atoms with Crippen LogP contribution in [0.15, 0.2) is 30.7 Å². The van der Waals surface area contributed by atoms with Crippen molar-refractivity contribution in [2.24, 2.45) is 0 Å². The molecule has 2 N–H and O–H groups in total. The Kier molecular flexibility index (Phi) is 2.90. The van der Waals surface area contributed by atoms with E-state index in [1.165, 1.54) is 17.3 Å². The molecule has 116 valence electrons. The van der Waals surface area contributed by atoms with Gasteiger partial charge in [-0.3, -0.25) is 4.90 Å². The first-order valence-electron chi connectivity index (χ1n) is 6.87. The maximum atomic E-state index is 14.5. The highest BCUT2D eigenvalue weighted by molar-refractivity contribution is 5.81. The Morgan fingerprint density at radius 2 is 2.17 bits per heavy atom. The highest BCUT2D eigenvalue weighted by Crippen LogP contribution is 2.33. The van der Waals surface area contributed by atoms with Crippen LogP contribution in [0.25, 0.3) is 10.9 Å². The number of nitrogens with zero attached hydrogens (tertiary/aromatic N) is 3. The summed E-state index contributed by atoms with van der Waals surface area (Å²) in [5.41, 5.74) is 1.80. The van der Waals surface area contributed by atoms with Crippen LogP contribution in [0.5, 0.6) is 11.6 Å². The van der Waals surface area contributed by atoms with Crippen molar-refractivity contribution in [3.05, 3.63) is 47.8 Å². The molecule has 1 amide bonds. The minimum absolute atomic E-state index is 0.0341. The van der Waals surface area contributed by atoms with Crippen LogP contribution in [0.4, 0.5) is 9.18 Å². The van der Waals surface area contributed by atoms with E-state index in [0.29, 0.717) is 22.2 Å². The van der Waals surface area contributed by atoms with Crippen molar-refractivity contribution in [1.82, 2.24) is 19.9 Å². The lowest BCUT2D eigenvalue weighted by molar-refractivity contribution is 0.144. The average molecular weight is 314 g/mol. The molecule has 0 aliphatic carbocycles. The quantitative estimate of drug-likeness (QED) is 0.759. The molecule has 4 rings (SSSR count). The Hall–Kier alpha value is -3.16. The van der Waals surface area contributed by atoms with Gasteiger partial charge in [0.25, 0.3) is 0 Å². The monoisotopic (exact) mass is 314 g/mol. The SMILES string of the molecule is O=C(O)N1Cc2ncnc(Oc3ccc4[nH]ccc4c3F)c2C1. The molecule has 0 saturated carbocycles. The number of halogens is 1. The first-order valence-corrected chi connectivity index (χ1v) is 6.87. The normalized spacial score (nSPS) is 13.3. The van der Waals surface area contributed by atoms with E-state index >= 15 is 0 Å². The molecule has 7 nitrogen and oxygen atoms in total. The number of aromatic amines is 1. The molecule has 0 atom stereocenters. The van der Waals surface area contributed by atoms with E-state index < -0.39 is 11.9 Å². The van der Waals surface area contributed by atoms with Crippen molar-refractivity contribution >= 4 is 17.0 Å². The van der Waals surface area contributed by atoms with Gasteiger partial charge in [0.1, 0.15) is 6.33 Å². The number of rotatable bonds is 2. The fourth-order valence-corrected chi connectivity index (χ4v) is 2.64. The number of carboxylic acid groups (broad SMARTS) is 1. The zero-order chi connectivity index (χ0) is 16.0. The Balaban J connectivity index is 1.71. The van der Waals surface area contributed by atoms with E-state index in [4.69, 9.17) is 9.84 Å². The Bertz CT molecular complexity index is 924. The molecular formula is C15H11FN4O3. The summed E-state index contributed by atoms with van der Waals surface area (Å²) >= 11 is 0. The molecule has 0 saturated heterocycles. The van der Waals surface area contributed by atoms with Gasteiger partial charge in [-0.15, -0.1) is 0 Å². The lowest BCUT2D eigenvalue weighted by Gasteiger charge is -2.10. The van der Waals surface area contributed by atoms with Gasteiger partial charge in [-0.25, -0.2) is 19.2 Å². The lowest BCUT2D eigenvalue weighted by Crippen LogP contribution is -2.22. The first-order chi connectivity index (χ1) is 11.1. The van der Waals surface area contributed by atoms with Gasteiger partial charge < -0.3 is 14.8 Å². The summed E-state index contributed by atoms with van der Waals surface area (Å²) in [6.07, 6.45) is 1.88. The van der Waals surface area contributed by atoms with Crippen molar-refractivity contribution in [3.8, 4) is 11.6 Å². The number of aromatic nitrogens is 3.